The fourth-order valence-corrected chi connectivity index (χ4v) is 1.01. The summed E-state index contributed by atoms with van der Waals surface area (Å²) < 4.78 is 4.28. The zero-order chi connectivity index (χ0) is 9.07. The molecule has 0 bridgehead atoms. The minimum absolute atomic E-state index is 0.991. The lowest BCUT2D eigenvalue weighted by Crippen LogP contribution is -1.77. The van der Waals surface area contributed by atoms with Crippen molar-refractivity contribution in [2.45, 2.75) is 45.4 Å². The van der Waals surface area contributed by atoms with Crippen molar-refractivity contribution in [1.82, 2.24) is 0 Å². The second-order valence-corrected chi connectivity index (χ2v) is 2.78. The largest absolute Gasteiger partial charge is 0.426 e. The molecule has 12 heavy (non-hydrogen) atoms. The van der Waals surface area contributed by atoms with E-state index in [2.05, 4.69) is 11.7 Å². The standard InChI is InChI=1S/C10H17O2/c1-2-3-4-5-6-7-8-9-12-10-11/h8-9H,2-7H2,1H3/b9-8-. The van der Waals surface area contributed by atoms with Crippen molar-refractivity contribution >= 4 is 6.47 Å². The van der Waals surface area contributed by atoms with E-state index in [9.17, 15) is 4.79 Å². The molecule has 0 unspecified atom stereocenters. The van der Waals surface area contributed by atoms with Gasteiger partial charge >= 0.3 is 6.47 Å². The minimum Gasteiger partial charge on any atom is -0.426 e. The smallest absolute Gasteiger partial charge is 0.422 e. The summed E-state index contributed by atoms with van der Waals surface area (Å²) in [4.78, 5) is 9.58. The van der Waals surface area contributed by atoms with Crippen LogP contribution in [0.4, 0.5) is 0 Å². The Morgan fingerprint density at radius 2 is 2.00 bits per heavy atom. The van der Waals surface area contributed by atoms with Gasteiger partial charge in [0.05, 0.1) is 6.26 Å². The molecule has 0 rings (SSSR count). The SMILES string of the molecule is CCCCCCC/C=C\O[C]=O. The van der Waals surface area contributed by atoms with Crippen LogP contribution in [0.1, 0.15) is 45.4 Å². The number of hydrogen-bond donors (Lipinski definition) is 0. The number of unbranched alkanes of at least 4 members (excludes halogenated alkanes) is 5. The van der Waals surface area contributed by atoms with Crippen LogP contribution in [-0.2, 0) is 9.53 Å². The van der Waals surface area contributed by atoms with E-state index in [1.54, 1.807) is 0 Å². The molecule has 0 aromatic carbocycles. The molecule has 0 fully saturated rings. The zero-order valence-corrected chi connectivity index (χ0v) is 7.71. The Morgan fingerprint density at radius 3 is 2.67 bits per heavy atom. The normalized spacial score (nSPS) is 10.4. The Bertz CT molecular complexity index is 119. The first-order valence-electron chi connectivity index (χ1n) is 4.59. The van der Waals surface area contributed by atoms with E-state index in [-0.39, 0.29) is 0 Å². The molecular formula is C10H17O2. The molecule has 0 aromatic rings. The van der Waals surface area contributed by atoms with E-state index < -0.39 is 0 Å². The fraction of sp³-hybridized carbons (Fsp3) is 0.700. The molecule has 2 heteroatoms. The number of hydrogen-bond acceptors (Lipinski definition) is 2. The Balaban J connectivity index is 2.94. The third-order valence-electron chi connectivity index (χ3n) is 1.69. The van der Waals surface area contributed by atoms with Crippen LogP contribution in [0.25, 0.3) is 0 Å². The third-order valence-corrected chi connectivity index (χ3v) is 1.69. The first kappa shape index (κ1) is 11.2. The first-order chi connectivity index (χ1) is 5.91. The summed E-state index contributed by atoms with van der Waals surface area (Å²) >= 11 is 0. The average molecular weight is 169 g/mol. The van der Waals surface area contributed by atoms with Crippen LogP contribution in [0.2, 0.25) is 0 Å². The van der Waals surface area contributed by atoms with Gasteiger partial charge < -0.3 is 4.74 Å². The molecule has 0 heterocycles. The van der Waals surface area contributed by atoms with Gasteiger partial charge in [0.1, 0.15) is 0 Å². The molecule has 0 amide bonds. The number of ether oxygens (including phenoxy) is 1. The van der Waals surface area contributed by atoms with E-state index in [1.807, 2.05) is 6.08 Å². The van der Waals surface area contributed by atoms with E-state index in [0.717, 1.165) is 6.42 Å². The van der Waals surface area contributed by atoms with Crippen molar-refractivity contribution in [1.29, 1.82) is 0 Å². The third kappa shape index (κ3) is 9.21. The Kier molecular flexibility index (Phi) is 9.54. The maximum atomic E-state index is 9.58. The molecule has 1 radical (unpaired) electrons. The number of carbonyl (C=O) groups excluding carboxylic acids is 1. The van der Waals surface area contributed by atoms with Crippen LogP contribution >= 0.6 is 0 Å². The highest BCUT2D eigenvalue weighted by Gasteiger charge is 1.86. The van der Waals surface area contributed by atoms with Gasteiger partial charge in [-0.2, -0.15) is 0 Å². The topological polar surface area (TPSA) is 26.3 Å². The second-order valence-electron chi connectivity index (χ2n) is 2.78. The van der Waals surface area contributed by atoms with Crippen LogP contribution in [0, 0.1) is 0 Å². The van der Waals surface area contributed by atoms with Crippen molar-refractivity contribution in [3.63, 3.8) is 0 Å². The molecule has 0 saturated heterocycles. The Morgan fingerprint density at radius 1 is 1.25 bits per heavy atom. The summed E-state index contributed by atoms with van der Waals surface area (Å²) in [6.07, 6.45) is 10.6. The summed E-state index contributed by atoms with van der Waals surface area (Å²) in [7, 11) is 0. The molecule has 0 atom stereocenters. The monoisotopic (exact) mass is 169 g/mol. The molecule has 0 spiro atoms. The molecular weight excluding hydrogens is 152 g/mol. The first-order valence-corrected chi connectivity index (χ1v) is 4.59. The minimum atomic E-state index is 0.991. The van der Waals surface area contributed by atoms with Crippen LogP contribution in [0.3, 0.4) is 0 Å². The van der Waals surface area contributed by atoms with E-state index in [4.69, 9.17) is 0 Å². The molecule has 0 aliphatic rings. The molecule has 0 aliphatic carbocycles. The lowest BCUT2D eigenvalue weighted by molar-refractivity contribution is 0.396. The van der Waals surface area contributed by atoms with Gasteiger partial charge in [-0.05, 0) is 18.9 Å². The maximum Gasteiger partial charge on any atom is 0.422 e. The highest BCUT2D eigenvalue weighted by atomic mass is 16.5. The van der Waals surface area contributed by atoms with Gasteiger partial charge in [0, 0.05) is 0 Å². The lowest BCUT2D eigenvalue weighted by atomic mass is 10.1. The predicted molar refractivity (Wildman–Crippen MR) is 49.3 cm³/mol. The summed E-state index contributed by atoms with van der Waals surface area (Å²) in [5, 5.41) is 0. The molecule has 2 nitrogen and oxygen atoms in total. The van der Waals surface area contributed by atoms with Gasteiger partial charge in [-0.25, -0.2) is 4.79 Å². The summed E-state index contributed by atoms with van der Waals surface area (Å²) in [6.45, 7) is 3.54. The molecule has 0 aliphatic heterocycles. The maximum absolute atomic E-state index is 9.58. The van der Waals surface area contributed by atoms with Crippen molar-refractivity contribution in [2.24, 2.45) is 0 Å². The van der Waals surface area contributed by atoms with Gasteiger partial charge in [0.2, 0.25) is 0 Å². The lowest BCUT2D eigenvalue weighted by Gasteiger charge is -1.95. The van der Waals surface area contributed by atoms with E-state index in [0.29, 0.717) is 0 Å². The zero-order valence-electron chi connectivity index (χ0n) is 7.71. The van der Waals surface area contributed by atoms with Crippen molar-refractivity contribution < 1.29 is 9.53 Å². The van der Waals surface area contributed by atoms with Gasteiger partial charge in [-0.3, -0.25) is 0 Å². The van der Waals surface area contributed by atoms with Gasteiger partial charge in [-0.15, -0.1) is 0 Å². The Labute approximate surface area is 74.6 Å². The van der Waals surface area contributed by atoms with Crippen LogP contribution in [0.15, 0.2) is 12.3 Å². The summed E-state index contributed by atoms with van der Waals surface area (Å²) in [5.74, 6) is 0. The summed E-state index contributed by atoms with van der Waals surface area (Å²) in [6, 6.07) is 0. The van der Waals surface area contributed by atoms with E-state index >= 15 is 0 Å². The van der Waals surface area contributed by atoms with Gasteiger partial charge in [-0.1, -0.05) is 32.6 Å². The van der Waals surface area contributed by atoms with Crippen LogP contribution < -0.4 is 0 Å². The summed E-state index contributed by atoms with van der Waals surface area (Å²) in [5.41, 5.74) is 0. The number of rotatable bonds is 8. The molecule has 0 N–H and O–H groups in total. The molecule has 0 aromatic heterocycles. The van der Waals surface area contributed by atoms with Crippen molar-refractivity contribution in [2.75, 3.05) is 0 Å². The highest BCUT2D eigenvalue weighted by Crippen LogP contribution is 2.04. The van der Waals surface area contributed by atoms with Crippen LogP contribution in [-0.4, -0.2) is 6.47 Å². The fourth-order valence-electron chi connectivity index (χ4n) is 1.01. The molecule has 69 valence electrons. The van der Waals surface area contributed by atoms with Gasteiger partial charge in [0.15, 0.2) is 0 Å². The van der Waals surface area contributed by atoms with Gasteiger partial charge in [0.25, 0.3) is 0 Å². The molecule has 0 saturated carbocycles. The predicted octanol–water partition coefficient (Wildman–Crippen LogP) is 2.94. The van der Waals surface area contributed by atoms with Crippen molar-refractivity contribution in [3.8, 4) is 0 Å². The number of allylic oxidation sites excluding steroid dienone is 1. The van der Waals surface area contributed by atoms with E-state index in [1.165, 1.54) is 44.8 Å². The Hall–Kier alpha value is -0.790. The quantitative estimate of drug-likeness (QED) is 0.412. The average Bonchev–Trinajstić information content (AvgIpc) is 2.10. The second kappa shape index (κ2) is 10.2. The van der Waals surface area contributed by atoms with Crippen molar-refractivity contribution in [3.05, 3.63) is 12.3 Å². The van der Waals surface area contributed by atoms with Crippen LogP contribution in [0.5, 0.6) is 0 Å². The highest BCUT2D eigenvalue weighted by molar-refractivity contribution is 5.39.